The molecule has 222 valence electrons. The van der Waals surface area contributed by atoms with Crippen LogP contribution in [0.4, 0.5) is 10.5 Å². The molecule has 8 nitrogen and oxygen atoms in total. The molecular formula is C33H39N3O5S. The van der Waals surface area contributed by atoms with E-state index >= 15 is 0 Å². The number of carbonyl (C=O) groups is 2. The van der Waals surface area contributed by atoms with Crippen molar-refractivity contribution in [3.05, 3.63) is 88.1 Å². The summed E-state index contributed by atoms with van der Waals surface area (Å²) >= 11 is 1.67. The summed E-state index contributed by atoms with van der Waals surface area (Å²) in [5.41, 5.74) is 1.74. The molecule has 0 saturated carbocycles. The van der Waals surface area contributed by atoms with Crippen LogP contribution in [0.2, 0.25) is 0 Å². The fourth-order valence-corrected chi connectivity index (χ4v) is 5.70. The van der Waals surface area contributed by atoms with Crippen molar-refractivity contribution < 1.29 is 23.8 Å². The van der Waals surface area contributed by atoms with Crippen LogP contribution in [0.1, 0.15) is 21.7 Å². The van der Waals surface area contributed by atoms with Crippen LogP contribution >= 0.6 is 11.3 Å². The maximum atomic E-state index is 13.8. The van der Waals surface area contributed by atoms with Crippen LogP contribution < -0.4 is 14.8 Å². The number of benzene rings is 3. The van der Waals surface area contributed by atoms with Gasteiger partial charge in [0.15, 0.2) is 11.5 Å². The molecule has 1 aromatic heterocycles. The number of rotatable bonds is 14. The van der Waals surface area contributed by atoms with Gasteiger partial charge in [0.05, 0.1) is 26.5 Å². The topological polar surface area (TPSA) is 80.3 Å². The number of hydrogen-bond donors (Lipinski definition) is 1. The van der Waals surface area contributed by atoms with Gasteiger partial charge in [-0.05, 0) is 61.0 Å². The zero-order chi connectivity index (χ0) is 29.9. The molecule has 0 fully saturated rings. The first-order valence-electron chi connectivity index (χ1n) is 14.0. The molecule has 0 unspecified atom stereocenters. The third-order valence-electron chi connectivity index (χ3n) is 7.03. The van der Waals surface area contributed by atoms with Crippen LogP contribution in [0.15, 0.2) is 72.8 Å². The van der Waals surface area contributed by atoms with E-state index in [2.05, 4.69) is 24.4 Å². The van der Waals surface area contributed by atoms with E-state index in [1.807, 2.05) is 65.6 Å². The smallest absolute Gasteiger partial charge is 0.322 e. The Morgan fingerprint density at radius 2 is 1.64 bits per heavy atom. The van der Waals surface area contributed by atoms with Gasteiger partial charge in [0, 0.05) is 41.9 Å². The van der Waals surface area contributed by atoms with Gasteiger partial charge in [0.1, 0.15) is 6.54 Å². The number of hydrogen-bond acceptors (Lipinski definition) is 6. The molecule has 0 aliphatic heterocycles. The summed E-state index contributed by atoms with van der Waals surface area (Å²) in [6.45, 7) is 3.85. The van der Waals surface area contributed by atoms with Gasteiger partial charge in [0.2, 0.25) is 5.91 Å². The molecule has 1 heterocycles. The fourth-order valence-electron chi connectivity index (χ4n) is 4.79. The lowest BCUT2D eigenvalue weighted by Gasteiger charge is -2.28. The van der Waals surface area contributed by atoms with Crippen molar-refractivity contribution in [2.45, 2.75) is 26.3 Å². The van der Waals surface area contributed by atoms with Gasteiger partial charge in [0.25, 0.3) is 0 Å². The van der Waals surface area contributed by atoms with E-state index in [1.165, 1.54) is 4.88 Å². The molecular weight excluding hydrogens is 550 g/mol. The largest absolute Gasteiger partial charge is 0.493 e. The second kappa shape index (κ2) is 15.2. The van der Waals surface area contributed by atoms with E-state index in [9.17, 15) is 9.59 Å². The Morgan fingerprint density at radius 1 is 0.857 bits per heavy atom. The Hall–Kier alpha value is -4.08. The maximum absolute atomic E-state index is 13.8. The van der Waals surface area contributed by atoms with E-state index in [4.69, 9.17) is 14.2 Å². The summed E-state index contributed by atoms with van der Waals surface area (Å²) in [5.74, 6) is 1.19. The van der Waals surface area contributed by atoms with Crippen LogP contribution in [0.25, 0.3) is 10.8 Å². The predicted molar refractivity (Wildman–Crippen MR) is 169 cm³/mol. The number of fused-ring (bicyclic) bond motifs is 1. The molecule has 0 bridgehead atoms. The number of carbonyl (C=O) groups excluding carboxylic acids is 2. The van der Waals surface area contributed by atoms with E-state index in [-0.39, 0.29) is 18.5 Å². The normalized spacial score (nSPS) is 10.9. The molecule has 0 saturated heterocycles. The number of anilines is 1. The molecule has 4 rings (SSSR count). The molecule has 0 aliphatic rings. The van der Waals surface area contributed by atoms with Crippen LogP contribution in [0, 0.1) is 6.92 Å². The second-order valence-electron chi connectivity index (χ2n) is 9.99. The van der Waals surface area contributed by atoms with Gasteiger partial charge in [-0.25, -0.2) is 4.79 Å². The van der Waals surface area contributed by atoms with E-state index in [1.54, 1.807) is 37.6 Å². The quantitative estimate of drug-likeness (QED) is 0.173. The SMILES string of the molecule is COCCCN(CC(=O)N(CCc1ccc(OC)c(OC)c1)Cc1ccc(C)s1)C(=O)Nc1cccc2ccccc12. The van der Waals surface area contributed by atoms with Crippen molar-refractivity contribution in [3.63, 3.8) is 0 Å². The first-order valence-corrected chi connectivity index (χ1v) is 14.8. The monoisotopic (exact) mass is 589 g/mol. The lowest BCUT2D eigenvalue weighted by atomic mass is 10.1. The highest BCUT2D eigenvalue weighted by Gasteiger charge is 2.23. The molecule has 42 heavy (non-hydrogen) atoms. The van der Waals surface area contributed by atoms with Crippen molar-refractivity contribution >= 4 is 39.7 Å². The highest BCUT2D eigenvalue weighted by Crippen LogP contribution is 2.28. The molecule has 9 heteroatoms. The van der Waals surface area contributed by atoms with Crippen molar-refractivity contribution in [1.82, 2.24) is 9.80 Å². The van der Waals surface area contributed by atoms with Crippen molar-refractivity contribution in [3.8, 4) is 11.5 Å². The first-order chi connectivity index (χ1) is 20.4. The molecule has 4 aromatic rings. The molecule has 3 aromatic carbocycles. The lowest BCUT2D eigenvalue weighted by molar-refractivity contribution is -0.132. The fraction of sp³-hybridized carbons (Fsp3) is 0.333. The third-order valence-corrected chi connectivity index (χ3v) is 8.02. The number of methoxy groups -OCH3 is 3. The Balaban J connectivity index is 1.52. The standard InChI is InChI=1S/C33H39N3O5S/c1-24-13-15-27(42-24)22-35(19-17-25-14-16-30(40-3)31(21-25)41-4)32(37)23-36(18-8-20-39-2)33(38)34-29-12-7-10-26-9-5-6-11-28(26)29/h5-7,9-16,21H,8,17-20,22-23H2,1-4H3,(H,34,38). The maximum Gasteiger partial charge on any atom is 0.322 e. The Bertz CT molecular complexity index is 1480. The molecule has 0 atom stereocenters. The minimum atomic E-state index is -0.317. The number of nitrogens with one attached hydrogen (secondary N) is 1. The summed E-state index contributed by atoms with van der Waals surface area (Å²) < 4.78 is 16.1. The number of ether oxygens (including phenoxy) is 3. The van der Waals surface area contributed by atoms with E-state index in [0.717, 1.165) is 21.2 Å². The van der Waals surface area contributed by atoms with E-state index < -0.39 is 0 Å². The molecule has 3 amide bonds. The second-order valence-corrected chi connectivity index (χ2v) is 11.4. The average Bonchev–Trinajstić information content (AvgIpc) is 3.42. The van der Waals surface area contributed by atoms with Gasteiger partial charge < -0.3 is 29.3 Å². The summed E-state index contributed by atoms with van der Waals surface area (Å²) in [5, 5.41) is 5.02. The first kappa shape index (κ1) is 30.9. The van der Waals surface area contributed by atoms with Crippen molar-refractivity contribution in [2.24, 2.45) is 0 Å². The number of thiophene rings is 1. The third kappa shape index (κ3) is 8.24. The van der Waals surface area contributed by atoms with Gasteiger partial charge in [-0.2, -0.15) is 0 Å². The Labute approximate surface area is 251 Å². The van der Waals surface area contributed by atoms with Crippen LogP contribution in [0.3, 0.4) is 0 Å². The predicted octanol–water partition coefficient (Wildman–Crippen LogP) is 6.37. The number of urea groups is 1. The van der Waals surface area contributed by atoms with Gasteiger partial charge in [-0.1, -0.05) is 42.5 Å². The van der Waals surface area contributed by atoms with Crippen molar-refractivity contribution in [1.29, 1.82) is 0 Å². The van der Waals surface area contributed by atoms with Gasteiger partial charge >= 0.3 is 6.03 Å². The number of nitrogens with zero attached hydrogens (tertiary/aromatic N) is 2. The zero-order valence-corrected chi connectivity index (χ0v) is 25.5. The summed E-state index contributed by atoms with van der Waals surface area (Å²) in [6.07, 6.45) is 1.24. The summed E-state index contributed by atoms with van der Waals surface area (Å²) in [7, 11) is 4.85. The summed E-state index contributed by atoms with van der Waals surface area (Å²) in [4.78, 5) is 33.1. The average molecular weight is 590 g/mol. The summed E-state index contributed by atoms with van der Waals surface area (Å²) in [6, 6.07) is 23.3. The molecule has 0 aliphatic carbocycles. The number of amides is 3. The van der Waals surface area contributed by atoms with Crippen LogP contribution in [-0.4, -0.2) is 69.3 Å². The molecule has 0 radical (unpaired) electrons. The van der Waals surface area contributed by atoms with Gasteiger partial charge in [-0.3, -0.25) is 4.79 Å². The minimum Gasteiger partial charge on any atom is -0.493 e. The number of aryl methyl sites for hydroxylation is 1. The zero-order valence-electron chi connectivity index (χ0n) is 24.7. The molecule has 0 spiro atoms. The highest BCUT2D eigenvalue weighted by atomic mass is 32.1. The lowest BCUT2D eigenvalue weighted by Crippen LogP contribution is -2.45. The Kier molecular flexibility index (Phi) is 11.2. The Morgan fingerprint density at radius 3 is 2.38 bits per heavy atom. The van der Waals surface area contributed by atoms with E-state index in [0.29, 0.717) is 56.3 Å². The minimum absolute atomic E-state index is 0.0450. The highest BCUT2D eigenvalue weighted by molar-refractivity contribution is 7.11. The molecule has 1 N–H and O–H groups in total. The van der Waals surface area contributed by atoms with Crippen LogP contribution in [0.5, 0.6) is 11.5 Å². The van der Waals surface area contributed by atoms with Crippen molar-refractivity contribution in [2.75, 3.05) is 52.9 Å². The van der Waals surface area contributed by atoms with Crippen LogP contribution in [-0.2, 0) is 22.5 Å². The van der Waals surface area contributed by atoms with Gasteiger partial charge in [-0.15, -0.1) is 11.3 Å².